The molecule has 0 saturated heterocycles. The Balaban J connectivity index is 4.54. The summed E-state index contributed by atoms with van der Waals surface area (Å²) in [6.45, 7) is 8.78. The summed E-state index contributed by atoms with van der Waals surface area (Å²) in [5.74, 6) is 0.829. The Morgan fingerprint density at radius 1 is 1.40 bits per heavy atom. The highest BCUT2D eigenvalue weighted by Crippen LogP contribution is 2.32. The SMILES string of the molecule is CCC(C)(CC)[C@H](C)N(C)C(=O)CCS. The molecule has 0 bridgehead atoms. The topological polar surface area (TPSA) is 20.3 Å². The van der Waals surface area contributed by atoms with Gasteiger partial charge in [0.1, 0.15) is 0 Å². The first-order valence-electron chi connectivity index (χ1n) is 5.79. The Morgan fingerprint density at radius 3 is 2.20 bits per heavy atom. The molecule has 0 unspecified atom stereocenters. The zero-order valence-corrected chi connectivity index (χ0v) is 11.6. The number of hydrogen-bond donors (Lipinski definition) is 1. The van der Waals surface area contributed by atoms with Crippen LogP contribution < -0.4 is 0 Å². The largest absolute Gasteiger partial charge is 0.342 e. The fourth-order valence-electron chi connectivity index (χ4n) is 1.80. The predicted molar refractivity (Wildman–Crippen MR) is 69.4 cm³/mol. The van der Waals surface area contributed by atoms with Crippen molar-refractivity contribution in [2.75, 3.05) is 12.8 Å². The summed E-state index contributed by atoms with van der Waals surface area (Å²) in [5, 5.41) is 0. The van der Waals surface area contributed by atoms with Crippen molar-refractivity contribution in [3.63, 3.8) is 0 Å². The third-order valence-electron chi connectivity index (χ3n) is 3.92. The quantitative estimate of drug-likeness (QED) is 0.697. The van der Waals surface area contributed by atoms with Crippen LogP contribution in [0.3, 0.4) is 0 Å². The van der Waals surface area contributed by atoms with Crippen molar-refractivity contribution in [1.82, 2.24) is 4.90 Å². The molecule has 90 valence electrons. The van der Waals surface area contributed by atoms with Gasteiger partial charge in [-0.3, -0.25) is 4.79 Å². The second-order valence-corrected chi connectivity index (χ2v) is 4.96. The normalized spacial score (nSPS) is 13.7. The van der Waals surface area contributed by atoms with Gasteiger partial charge in [0, 0.05) is 19.5 Å². The monoisotopic (exact) mass is 231 g/mol. The Labute approximate surface area is 99.8 Å². The standard InChI is InChI=1S/C12H25NOS/c1-6-12(4,7-2)10(3)13(5)11(14)8-9-15/h10,15H,6-9H2,1-5H3/t10-/m0/s1. The van der Waals surface area contributed by atoms with Crippen LogP contribution in [0.15, 0.2) is 0 Å². The minimum absolute atomic E-state index is 0.200. The molecule has 0 aromatic heterocycles. The summed E-state index contributed by atoms with van der Waals surface area (Å²) in [7, 11) is 1.90. The van der Waals surface area contributed by atoms with E-state index < -0.39 is 0 Å². The average molecular weight is 231 g/mol. The van der Waals surface area contributed by atoms with Gasteiger partial charge in [-0.2, -0.15) is 12.6 Å². The number of carbonyl (C=O) groups is 1. The summed E-state index contributed by atoms with van der Waals surface area (Å²) in [5.41, 5.74) is 0.223. The maximum Gasteiger partial charge on any atom is 0.223 e. The van der Waals surface area contributed by atoms with E-state index in [0.29, 0.717) is 18.2 Å². The van der Waals surface area contributed by atoms with E-state index in [-0.39, 0.29) is 11.3 Å². The molecule has 0 aromatic rings. The summed E-state index contributed by atoms with van der Waals surface area (Å²) in [6, 6.07) is 0.292. The number of thiol groups is 1. The third-order valence-corrected chi connectivity index (χ3v) is 4.15. The van der Waals surface area contributed by atoms with Crippen molar-refractivity contribution < 1.29 is 4.79 Å². The van der Waals surface area contributed by atoms with E-state index in [1.165, 1.54) is 0 Å². The molecule has 0 heterocycles. The molecule has 3 heteroatoms. The lowest BCUT2D eigenvalue weighted by Gasteiger charge is -2.39. The Hall–Kier alpha value is -0.180. The second-order valence-electron chi connectivity index (χ2n) is 4.52. The van der Waals surface area contributed by atoms with Crippen molar-refractivity contribution in [2.45, 2.75) is 53.0 Å². The number of hydrogen-bond acceptors (Lipinski definition) is 2. The molecule has 0 fully saturated rings. The van der Waals surface area contributed by atoms with E-state index in [1.807, 2.05) is 11.9 Å². The molecule has 2 nitrogen and oxygen atoms in total. The molecule has 1 atom stereocenters. The molecular weight excluding hydrogens is 206 g/mol. The highest BCUT2D eigenvalue weighted by Gasteiger charge is 2.31. The highest BCUT2D eigenvalue weighted by molar-refractivity contribution is 7.80. The van der Waals surface area contributed by atoms with E-state index in [2.05, 4.69) is 40.3 Å². The number of rotatable bonds is 6. The zero-order chi connectivity index (χ0) is 12.1. The van der Waals surface area contributed by atoms with Gasteiger partial charge in [-0.05, 0) is 30.9 Å². The lowest BCUT2D eigenvalue weighted by molar-refractivity contribution is -0.133. The molecular formula is C12H25NOS. The van der Waals surface area contributed by atoms with Crippen LogP contribution in [0.5, 0.6) is 0 Å². The van der Waals surface area contributed by atoms with Gasteiger partial charge in [-0.25, -0.2) is 0 Å². The lowest BCUT2D eigenvalue weighted by Crippen LogP contribution is -2.45. The van der Waals surface area contributed by atoms with E-state index in [0.717, 1.165) is 12.8 Å². The van der Waals surface area contributed by atoms with Gasteiger partial charge in [0.2, 0.25) is 5.91 Å². The van der Waals surface area contributed by atoms with Gasteiger partial charge >= 0.3 is 0 Å². The molecule has 0 aliphatic rings. The first-order valence-corrected chi connectivity index (χ1v) is 6.42. The third kappa shape index (κ3) is 3.71. The van der Waals surface area contributed by atoms with E-state index >= 15 is 0 Å². The van der Waals surface area contributed by atoms with Crippen LogP contribution in [0.4, 0.5) is 0 Å². The molecule has 0 spiro atoms. The van der Waals surface area contributed by atoms with Crippen LogP contribution >= 0.6 is 12.6 Å². The smallest absolute Gasteiger partial charge is 0.223 e. The Bertz CT molecular complexity index is 202. The predicted octanol–water partition coefficient (Wildman–Crippen LogP) is 2.98. The van der Waals surface area contributed by atoms with Crippen molar-refractivity contribution in [2.24, 2.45) is 5.41 Å². The van der Waals surface area contributed by atoms with Gasteiger partial charge < -0.3 is 4.90 Å². The summed E-state index contributed by atoms with van der Waals surface area (Å²) in [6.07, 6.45) is 2.74. The molecule has 15 heavy (non-hydrogen) atoms. The maximum atomic E-state index is 11.7. The van der Waals surface area contributed by atoms with Crippen molar-refractivity contribution in [3.8, 4) is 0 Å². The molecule has 1 amide bonds. The van der Waals surface area contributed by atoms with Crippen molar-refractivity contribution in [1.29, 1.82) is 0 Å². The van der Waals surface area contributed by atoms with Crippen LogP contribution in [-0.4, -0.2) is 29.6 Å². The molecule has 0 aromatic carbocycles. The van der Waals surface area contributed by atoms with E-state index in [9.17, 15) is 4.79 Å². The highest BCUT2D eigenvalue weighted by atomic mass is 32.1. The number of amides is 1. The van der Waals surface area contributed by atoms with Gasteiger partial charge in [-0.1, -0.05) is 20.8 Å². The van der Waals surface area contributed by atoms with Crippen LogP contribution in [0.25, 0.3) is 0 Å². The Morgan fingerprint density at radius 2 is 1.87 bits per heavy atom. The van der Waals surface area contributed by atoms with E-state index in [1.54, 1.807) is 0 Å². The fourth-order valence-corrected chi connectivity index (χ4v) is 1.99. The summed E-state index contributed by atoms with van der Waals surface area (Å²) < 4.78 is 0. The minimum atomic E-state index is 0.200. The van der Waals surface area contributed by atoms with Crippen molar-refractivity contribution in [3.05, 3.63) is 0 Å². The maximum absolute atomic E-state index is 11.7. The van der Waals surface area contributed by atoms with Gasteiger partial charge in [0.25, 0.3) is 0 Å². The van der Waals surface area contributed by atoms with Crippen LogP contribution in [-0.2, 0) is 4.79 Å². The Kier molecular flexibility index (Phi) is 6.34. The lowest BCUT2D eigenvalue weighted by atomic mass is 9.77. The molecule has 0 radical (unpaired) electrons. The van der Waals surface area contributed by atoms with Gasteiger partial charge in [0.05, 0.1) is 0 Å². The summed E-state index contributed by atoms with van der Waals surface area (Å²) >= 11 is 4.09. The molecule has 0 aliphatic heterocycles. The molecule has 0 rings (SSSR count). The second kappa shape index (κ2) is 6.41. The fraction of sp³-hybridized carbons (Fsp3) is 0.917. The van der Waals surface area contributed by atoms with Crippen molar-refractivity contribution >= 4 is 18.5 Å². The van der Waals surface area contributed by atoms with Gasteiger partial charge in [0.15, 0.2) is 0 Å². The number of carbonyl (C=O) groups excluding carboxylic acids is 1. The minimum Gasteiger partial charge on any atom is -0.342 e. The van der Waals surface area contributed by atoms with Gasteiger partial charge in [-0.15, -0.1) is 0 Å². The molecule has 0 saturated carbocycles. The van der Waals surface area contributed by atoms with E-state index in [4.69, 9.17) is 0 Å². The van der Waals surface area contributed by atoms with Crippen LogP contribution in [0.2, 0.25) is 0 Å². The number of nitrogens with zero attached hydrogens (tertiary/aromatic N) is 1. The average Bonchev–Trinajstić information content (AvgIpc) is 2.26. The zero-order valence-electron chi connectivity index (χ0n) is 10.7. The molecule has 0 aliphatic carbocycles. The summed E-state index contributed by atoms with van der Waals surface area (Å²) in [4.78, 5) is 13.6. The van der Waals surface area contributed by atoms with Crippen LogP contribution in [0, 0.1) is 5.41 Å². The molecule has 0 N–H and O–H groups in total. The first-order chi connectivity index (χ1) is 6.92. The first kappa shape index (κ1) is 14.8. The van der Waals surface area contributed by atoms with Crippen LogP contribution in [0.1, 0.15) is 47.0 Å².